The number of imidazole rings is 1. The zero-order chi connectivity index (χ0) is 13.2. The van der Waals surface area contributed by atoms with Crippen LogP contribution in [0, 0.1) is 0 Å². The summed E-state index contributed by atoms with van der Waals surface area (Å²) in [5.74, 6) is 0. The number of benzene rings is 2. The van der Waals surface area contributed by atoms with Gasteiger partial charge in [0.05, 0.1) is 39.8 Å². The number of anilines is 1. The molecule has 3 aromatic rings. The first-order chi connectivity index (χ1) is 9.25. The fraction of sp³-hybridized carbons (Fsp3) is 0.0714. The lowest BCUT2D eigenvalue weighted by molar-refractivity contribution is 0.800. The maximum absolute atomic E-state index is 6.13. The molecule has 1 heterocycles. The molecule has 1 aromatic heterocycles. The summed E-state index contributed by atoms with van der Waals surface area (Å²) in [6.07, 6.45) is 1.80. The highest BCUT2D eigenvalue weighted by molar-refractivity contribution is 6.43. The van der Waals surface area contributed by atoms with Gasteiger partial charge in [0, 0.05) is 0 Å². The Bertz CT molecular complexity index is 722. The van der Waals surface area contributed by atoms with Gasteiger partial charge >= 0.3 is 0 Å². The molecule has 0 spiro atoms. The van der Waals surface area contributed by atoms with Gasteiger partial charge < -0.3 is 9.88 Å². The molecule has 2 aromatic carbocycles. The van der Waals surface area contributed by atoms with E-state index in [9.17, 15) is 0 Å². The number of hydrogen-bond donors (Lipinski definition) is 1. The van der Waals surface area contributed by atoms with Crippen LogP contribution in [0.15, 0.2) is 48.8 Å². The largest absolute Gasteiger partial charge is 0.366 e. The predicted octanol–water partition coefficient (Wildman–Crippen LogP) is 4.41. The van der Waals surface area contributed by atoms with Crippen LogP contribution in [0.4, 0.5) is 5.69 Å². The Labute approximate surface area is 120 Å². The minimum atomic E-state index is 0.536. The van der Waals surface area contributed by atoms with Crippen molar-refractivity contribution in [3.8, 4) is 0 Å². The molecular weight excluding hydrogens is 281 g/mol. The number of hydrogen-bond acceptors (Lipinski definition) is 2. The van der Waals surface area contributed by atoms with Crippen molar-refractivity contribution in [3.05, 3.63) is 58.8 Å². The lowest BCUT2D eigenvalue weighted by atomic mass is 10.3. The Kier molecular flexibility index (Phi) is 3.32. The Morgan fingerprint density at radius 1 is 1.05 bits per heavy atom. The average molecular weight is 292 g/mol. The first-order valence-corrected chi connectivity index (χ1v) is 6.59. The van der Waals surface area contributed by atoms with Crippen LogP contribution in [0.5, 0.6) is 0 Å². The summed E-state index contributed by atoms with van der Waals surface area (Å²) in [7, 11) is 0. The molecule has 1 N–H and O–H groups in total. The van der Waals surface area contributed by atoms with Crippen LogP contribution in [0.25, 0.3) is 11.0 Å². The zero-order valence-electron chi connectivity index (χ0n) is 9.98. The van der Waals surface area contributed by atoms with Crippen LogP contribution in [0.2, 0.25) is 10.0 Å². The van der Waals surface area contributed by atoms with Gasteiger partial charge in [-0.05, 0) is 24.3 Å². The Morgan fingerprint density at radius 2 is 1.89 bits per heavy atom. The monoisotopic (exact) mass is 291 g/mol. The van der Waals surface area contributed by atoms with Crippen LogP contribution in [-0.2, 0) is 6.67 Å². The van der Waals surface area contributed by atoms with Crippen molar-refractivity contribution in [3.63, 3.8) is 0 Å². The smallest absolute Gasteiger partial charge is 0.0973 e. The van der Waals surface area contributed by atoms with Crippen LogP contribution in [-0.4, -0.2) is 9.55 Å². The molecular formula is C14H11Cl2N3. The highest BCUT2D eigenvalue weighted by Gasteiger charge is 2.05. The second-order valence-electron chi connectivity index (χ2n) is 4.14. The summed E-state index contributed by atoms with van der Waals surface area (Å²) in [5.41, 5.74) is 2.86. The predicted molar refractivity (Wildman–Crippen MR) is 79.8 cm³/mol. The van der Waals surface area contributed by atoms with Crippen molar-refractivity contribution in [1.82, 2.24) is 9.55 Å². The number of para-hydroxylation sites is 2. The van der Waals surface area contributed by atoms with Gasteiger partial charge in [0.25, 0.3) is 0 Å². The van der Waals surface area contributed by atoms with Gasteiger partial charge in [-0.1, -0.05) is 41.4 Å². The molecule has 0 aliphatic carbocycles. The SMILES string of the molecule is Clc1cccc(NCn2cnc3ccccc32)c1Cl. The van der Waals surface area contributed by atoms with E-state index < -0.39 is 0 Å². The molecule has 3 nitrogen and oxygen atoms in total. The molecule has 5 heteroatoms. The Morgan fingerprint density at radius 3 is 2.79 bits per heavy atom. The van der Waals surface area contributed by atoms with Crippen LogP contribution in [0.3, 0.4) is 0 Å². The lowest BCUT2D eigenvalue weighted by Gasteiger charge is -2.10. The van der Waals surface area contributed by atoms with Gasteiger partial charge in [-0.15, -0.1) is 0 Å². The number of fused-ring (bicyclic) bond motifs is 1. The second-order valence-corrected chi connectivity index (χ2v) is 4.92. The average Bonchev–Trinajstić information content (AvgIpc) is 2.84. The highest BCUT2D eigenvalue weighted by atomic mass is 35.5. The maximum atomic E-state index is 6.13. The molecule has 0 radical (unpaired) electrons. The van der Waals surface area contributed by atoms with Gasteiger partial charge in [0.15, 0.2) is 0 Å². The number of aromatic nitrogens is 2. The molecule has 0 aliphatic rings. The zero-order valence-corrected chi connectivity index (χ0v) is 11.5. The second kappa shape index (κ2) is 5.11. The van der Waals surface area contributed by atoms with Gasteiger partial charge in [-0.25, -0.2) is 4.98 Å². The summed E-state index contributed by atoms with van der Waals surface area (Å²) >= 11 is 12.1. The minimum Gasteiger partial charge on any atom is -0.366 e. The molecule has 0 saturated carbocycles. The minimum absolute atomic E-state index is 0.536. The van der Waals surface area contributed by atoms with Gasteiger partial charge in [0.1, 0.15) is 0 Å². The van der Waals surface area contributed by atoms with Crippen molar-refractivity contribution in [2.45, 2.75) is 6.67 Å². The van der Waals surface area contributed by atoms with E-state index in [1.807, 2.05) is 41.0 Å². The molecule has 0 bridgehead atoms. The summed E-state index contributed by atoms with van der Waals surface area (Å²) < 4.78 is 2.02. The summed E-state index contributed by atoms with van der Waals surface area (Å²) in [6, 6.07) is 13.5. The van der Waals surface area contributed by atoms with Crippen LogP contribution < -0.4 is 5.32 Å². The first kappa shape index (κ1) is 12.3. The topological polar surface area (TPSA) is 29.9 Å². The third kappa shape index (κ3) is 2.39. The molecule has 0 fully saturated rings. The number of rotatable bonds is 3. The first-order valence-electron chi connectivity index (χ1n) is 5.83. The van der Waals surface area contributed by atoms with Crippen LogP contribution in [0.1, 0.15) is 0 Å². The summed E-state index contributed by atoms with van der Waals surface area (Å²) in [6.45, 7) is 0.584. The van der Waals surface area contributed by atoms with Crippen molar-refractivity contribution in [2.24, 2.45) is 0 Å². The molecule has 19 heavy (non-hydrogen) atoms. The summed E-state index contributed by atoms with van der Waals surface area (Å²) in [5, 5.41) is 4.33. The highest BCUT2D eigenvalue weighted by Crippen LogP contribution is 2.29. The van der Waals surface area contributed by atoms with E-state index in [1.165, 1.54) is 0 Å². The lowest BCUT2D eigenvalue weighted by Crippen LogP contribution is -2.07. The quantitative estimate of drug-likeness (QED) is 0.774. The van der Waals surface area contributed by atoms with E-state index in [-0.39, 0.29) is 0 Å². The molecule has 0 atom stereocenters. The third-order valence-electron chi connectivity index (χ3n) is 2.92. The van der Waals surface area contributed by atoms with Gasteiger partial charge in [0.2, 0.25) is 0 Å². The Balaban J connectivity index is 1.84. The van der Waals surface area contributed by atoms with Crippen LogP contribution >= 0.6 is 23.2 Å². The fourth-order valence-corrected chi connectivity index (χ4v) is 2.31. The standard InChI is InChI=1S/C14H11Cl2N3/c15-10-4-3-6-12(14(10)16)18-9-19-8-17-11-5-1-2-7-13(11)19/h1-8,18H,9H2. The summed E-state index contributed by atoms with van der Waals surface area (Å²) in [4.78, 5) is 4.33. The number of nitrogens with one attached hydrogen (secondary N) is 1. The molecule has 0 saturated heterocycles. The maximum Gasteiger partial charge on any atom is 0.0973 e. The van der Waals surface area contributed by atoms with E-state index in [0.717, 1.165) is 16.7 Å². The van der Waals surface area contributed by atoms with Crippen molar-refractivity contribution in [2.75, 3.05) is 5.32 Å². The van der Waals surface area contributed by atoms with E-state index in [1.54, 1.807) is 12.4 Å². The normalized spacial score (nSPS) is 10.8. The molecule has 0 amide bonds. The van der Waals surface area contributed by atoms with E-state index in [2.05, 4.69) is 10.3 Å². The molecule has 3 rings (SSSR count). The van der Waals surface area contributed by atoms with E-state index in [4.69, 9.17) is 23.2 Å². The molecule has 0 aliphatic heterocycles. The fourth-order valence-electron chi connectivity index (χ4n) is 1.95. The molecule has 0 unspecified atom stereocenters. The van der Waals surface area contributed by atoms with Crippen molar-refractivity contribution >= 4 is 39.9 Å². The molecule has 96 valence electrons. The number of nitrogens with zero attached hydrogens (tertiary/aromatic N) is 2. The van der Waals surface area contributed by atoms with E-state index in [0.29, 0.717) is 16.7 Å². The number of halogens is 2. The van der Waals surface area contributed by atoms with Gasteiger partial charge in [-0.2, -0.15) is 0 Å². The van der Waals surface area contributed by atoms with Crippen molar-refractivity contribution < 1.29 is 0 Å². The third-order valence-corrected chi connectivity index (χ3v) is 3.74. The Hall–Kier alpha value is -1.71. The van der Waals surface area contributed by atoms with Crippen molar-refractivity contribution in [1.29, 1.82) is 0 Å². The van der Waals surface area contributed by atoms with E-state index >= 15 is 0 Å². The van der Waals surface area contributed by atoms with Gasteiger partial charge in [-0.3, -0.25) is 0 Å².